The van der Waals surface area contributed by atoms with E-state index in [1.54, 1.807) is 6.08 Å². The topological polar surface area (TPSA) is 37.3 Å². The van der Waals surface area contributed by atoms with Crippen LogP contribution in [0.15, 0.2) is 30.3 Å². The molecule has 1 rings (SSSR count). The SMILES string of the molecule is CCC(=CC(O)C=O)c1ccc(C(C)(C)C)cc1. The number of hydrogen-bond donors (Lipinski definition) is 1. The van der Waals surface area contributed by atoms with Gasteiger partial charge in [0, 0.05) is 0 Å². The third kappa shape index (κ3) is 3.81. The lowest BCUT2D eigenvalue weighted by atomic mass is 9.86. The van der Waals surface area contributed by atoms with E-state index in [9.17, 15) is 9.90 Å². The summed E-state index contributed by atoms with van der Waals surface area (Å²) in [6.07, 6.45) is 1.93. The number of aldehydes is 1. The van der Waals surface area contributed by atoms with Crippen molar-refractivity contribution in [2.45, 2.75) is 45.6 Å². The average Bonchev–Trinajstić information content (AvgIpc) is 2.34. The van der Waals surface area contributed by atoms with Crippen LogP contribution in [0.4, 0.5) is 0 Å². The van der Waals surface area contributed by atoms with Crippen LogP contribution in [-0.4, -0.2) is 17.5 Å². The highest BCUT2D eigenvalue weighted by Gasteiger charge is 2.13. The van der Waals surface area contributed by atoms with E-state index >= 15 is 0 Å². The number of hydrogen-bond acceptors (Lipinski definition) is 2. The van der Waals surface area contributed by atoms with Crippen LogP contribution in [0.1, 0.15) is 45.2 Å². The van der Waals surface area contributed by atoms with Crippen molar-refractivity contribution in [2.75, 3.05) is 0 Å². The number of carbonyl (C=O) groups is 1. The van der Waals surface area contributed by atoms with Crippen LogP contribution in [0.2, 0.25) is 0 Å². The van der Waals surface area contributed by atoms with Gasteiger partial charge in [0.2, 0.25) is 0 Å². The lowest BCUT2D eigenvalue weighted by molar-refractivity contribution is -0.112. The Labute approximate surface area is 109 Å². The predicted molar refractivity (Wildman–Crippen MR) is 75.5 cm³/mol. The minimum absolute atomic E-state index is 0.136. The summed E-state index contributed by atoms with van der Waals surface area (Å²) in [4.78, 5) is 10.5. The van der Waals surface area contributed by atoms with Crippen LogP contribution in [0.5, 0.6) is 0 Å². The van der Waals surface area contributed by atoms with E-state index in [1.165, 1.54) is 5.56 Å². The minimum atomic E-state index is -1.01. The summed E-state index contributed by atoms with van der Waals surface area (Å²) in [6, 6.07) is 8.30. The molecule has 1 aromatic rings. The summed E-state index contributed by atoms with van der Waals surface area (Å²) in [5.74, 6) is 0. The first-order chi connectivity index (χ1) is 8.38. The van der Waals surface area contributed by atoms with E-state index in [-0.39, 0.29) is 5.41 Å². The van der Waals surface area contributed by atoms with E-state index in [0.717, 1.165) is 17.6 Å². The van der Waals surface area contributed by atoms with Gasteiger partial charge in [-0.25, -0.2) is 0 Å². The maximum Gasteiger partial charge on any atom is 0.152 e. The molecule has 98 valence electrons. The second kappa shape index (κ2) is 5.96. The van der Waals surface area contributed by atoms with Gasteiger partial charge in [0.1, 0.15) is 6.10 Å². The van der Waals surface area contributed by atoms with Gasteiger partial charge in [-0.05, 0) is 34.6 Å². The Hall–Kier alpha value is -1.41. The van der Waals surface area contributed by atoms with Gasteiger partial charge in [-0.15, -0.1) is 0 Å². The van der Waals surface area contributed by atoms with Gasteiger partial charge in [0.15, 0.2) is 6.29 Å². The standard InChI is InChI=1S/C16H22O2/c1-5-12(10-15(18)11-17)13-6-8-14(9-7-13)16(2,3)4/h6-11,15,18H,5H2,1-4H3. The molecule has 0 bridgehead atoms. The van der Waals surface area contributed by atoms with Gasteiger partial charge in [-0.3, -0.25) is 0 Å². The van der Waals surface area contributed by atoms with Crippen LogP contribution < -0.4 is 0 Å². The highest BCUT2D eigenvalue weighted by atomic mass is 16.3. The zero-order chi connectivity index (χ0) is 13.8. The van der Waals surface area contributed by atoms with Crippen molar-refractivity contribution in [2.24, 2.45) is 0 Å². The van der Waals surface area contributed by atoms with Crippen molar-refractivity contribution < 1.29 is 9.90 Å². The number of rotatable bonds is 4. The molecule has 1 unspecified atom stereocenters. The highest BCUT2D eigenvalue weighted by molar-refractivity contribution is 5.71. The molecule has 0 aliphatic carbocycles. The summed E-state index contributed by atoms with van der Waals surface area (Å²) in [5, 5.41) is 9.36. The van der Waals surface area contributed by atoms with Crippen molar-refractivity contribution in [3.05, 3.63) is 41.5 Å². The number of aliphatic hydroxyl groups is 1. The molecule has 0 radical (unpaired) electrons. The number of allylic oxidation sites excluding steroid dienone is 1. The predicted octanol–water partition coefficient (Wildman–Crippen LogP) is 3.34. The zero-order valence-electron chi connectivity index (χ0n) is 11.6. The Balaban J connectivity index is 3.03. The first-order valence-corrected chi connectivity index (χ1v) is 6.33. The van der Waals surface area contributed by atoms with Crippen LogP contribution in [-0.2, 0) is 10.2 Å². The fourth-order valence-electron chi connectivity index (χ4n) is 1.85. The molecule has 0 aliphatic rings. The van der Waals surface area contributed by atoms with Crippen molar-refractivity contribution in [1.82, 2.24) is 0 Å². The fraction of sp³-hybridized carbons (Fsp3) is 0.438. The fourth-order valence-corrected chi connectivity index (χ4v) is 1.85. The molecule has 0 aliphatic heterocycles. The molecular weight excluding hydrogens is 224 g/mol. The van der Waals surface area contributed by atoms with E-state index in [2.05, 4.69) is 32.9 Å². The van der Waals surface area contributed by atoms with E-state index in [4.69, 9.17) is 0 Å². The molecule has 2 nitrogen and oxygen atoms in total. The molecule has 0 fully saturated rings. The number of aliphatic hydroxyl groups excluding tert-OH is 1. The van der Waals surface area contributed by atoms with Crippen molar-refractivity contribution in [3.8, 4) is 0 Å². The van der Waals surface area contributed by atoms with Gasteiger partial charge < -0.3 is 9.90 Å². The molecule has 0 heterocycles. The number of benzene rings is 1. The molecule has 0 aromatic heterocycles. The third-order valence-electron chi connectivity index (χ3n) is 3.01. The third-order valence-corrected chi connectivity index (χ3v) is 3.01. The smallest absolute Gasteiger partial charge is 0.152 e. The molecule has 1 N–H and O–H groups in total. The largest absolute Gasteiger partial charge is 0.381 e. The molecule has 1 aromatic carbocycles. The Morgan fingerprint density at radius 2 is 1.83 bits per heavy atom. The van der Waals surface area contributed by atoms with Gasteiger partial charge in [0.25, 0.3) is 0 Å². The normalized spacial score (nSPS) is 14.4. The quantitative estimate of drug-likeness (QED) is 0.827. The highest BCUT2D eigenvalue weighted by Crippen LogP contribution is 2.25. The second-order valence-electron chi connectivity index (χ2n) is 5.50. The molecule has 0 saturated heterocycles. The molecular formula is C16H22O2. The van der Waals surface area contributed by atoms with Gasteiger partial charge in [0.05, 0.1) is 0 Å². The summed E-state index contributed by atoms with van der Waals surface area (Å²) in [5.41, 5.74) is 3.47. The van der Waals surface area contributed by atoms with Crippen LogP contribution in [0.3, 0.4) is 0 Å². The van der Waals surface area contributed by atoms with Crippen LogP contribution >= 0.6 is 0 Å². The molecule has 0 spiro atoms. The summed E-state index contributed by atoms with van der Waals surface area (Å²) in [6.45, 7) is 8.54. The zero-order valence-corrected chi connectivity index (χ0v) is 11.6. The first kappa shape index (κ1) is 14.7. The molecule has 18 heavy (non-hydrogen) atoms. The van der Waals surface area contributed by atoms with Crippen molar-refractivity contribution >= 4 is 11.9 Å². The van der Waals surface area contributed by atoms with Gasteiger partial charge >= 0.3 is 0 Å². The van der Waals surface area contributed by atoms with E-state index in [0.29, 0.717) is 6.29 Å². The maximum absolute atomic E-state index is 10.5. The Bertz CT molecular complexity index is 421. The lowest BCUT2D eigenvalue weighted by Crippen LogP contribution is -2.10. The number of carbonyl (C=O) groups excluding carboxylic acids is 1. The minimum Gasteiger partial charge on any atom is -0.381 e. The summed E-state index contributed by atoms with van der Waals surface area (Å²) in [7, 11) is 0. The van der Waals surface area contributed by atoms with Crippen LogP contribution in [0, 0.1) is 0 Å². The molecule has 2 heteroatoms. The summed E-state index contributed by atoms with van der Waals surface area (Å²) >= 11 is 0. The molecule has 0 amide bonds. The Kier molecular flexibility index (Phi) is 4.85. The maximum atomic E-state index is 10.5. The van der Waals surface area contributed by atoms with Crippen LogP contribution in [0.25, 0.3) is 5.57 Å². The van der Waals surface area contributed by atoms with Gasteiger partial charge in [-0.1, -0.05) is 52.0 Å². The second-order valence-corrected chi connectivity index (χ2v) is 5.50. The van der Waals surface area contributed by atoms with Crippen molar-refractivity contribution in [1.29, 1.82) is 0 Å². The van der Waals surface area contributed by atoms with E-state index in [1.807, 2.05) is 19.1 Å². The Morgan fingerprint density at radius 3 is 2.22 bits per heavy atom. The average molecular weight is 246 g/mol. The monoisotopic (exact) mass is 246 g/mol. The first-order valence-electron chi connectivity index (χ1n) is 6.33. The molecule has 1 atom stereocenters. The van der Waals surface area contributed by atoms with Crippen molar-refractivity contribution in [3.63, 3.8) is 0 Å². The Morgan fingerprint density at radius 1 is 1.28 bits per heavy atom. The van der Waals surface area contributed by atoms with E-state index < -0.39 is 6.10 Å². The molecule has 0 saturated carbocycles. The van der Waals surface area contributed by atoms with Gasteiger partial charge in [-0.2, -0.15) is 0 Å². The summed E-state index contributed by atoms with van der Waals surface area (Å²) < 4.78 is 0. The lowest BCUT2D eigenvalue weighted by Gasteiger charge is -2.19.